The molecule has 0 spiro atoms. The number of nitrogens with two attached hydrogens (primary N) is 3. The smallest absolute Gasteiger partial charge is 0.480 e. The number of halogens is 3. The molecule has 4 aliphatic heterocycles. The zero-order valence-corrected chi connectivity index (χ0v) is 63.7. The van der Waals surface area contributed by atoms with Gasteiger partial charge in [-0.05, 0) is 119 Å². The summed E-state index contributed by atoms with van der Waals surface area (Å²) >= 11 is 1.38. The molecule has 13 atom stereocenters. The molecule has 9 rings (SSSR count). The van der Waals surface area contributed by atoms with Gasteiger partial charge in [-0.1, -0.05) is 50.2 Å². The number of H-pyrrole nitrogens is 3. The Balaban J connectivity index is 0.00000218. The van der Waals surface area contributed by atoms with E-state index in [9.17, 15) is 86.0 Å². The fourth-order valence-electron chi connectivity index (χ4n) is 14.3. The van der Waals surface area contributed by atoms with Gasteiger partial charge in [-0.25, -0.2) is 14.6 Å². The Kier molecular flexibility index (Phi) is 31.5. The molecule has 4 fully saturated rings. The number of fused-ring (bicyclic) bond motifs is 2. The van der Waals surface area contributed by atoms with Gasteiger partial charge in [0.1, 0.15) is 72.5 Å². The summed E-state index contributed by atoms with van der Waals surface area (Å²) in [6, 6.07) is -0.834. The van der Waals surface area contributed by atoms with E-state index in [0.29, 0.717) is 59.2 Å². The SMILES string of the molecule is CSCCC(NC(=O)C1CCCN1C(=O)C1CCCN1C(=O)C(CCCN=C(N)N)NC(=O)C(Cc1cnc[nH]1)NC(=O)C(N)C(C)O)C(=O)NC(Cc1c[nH]c2ccccc12)C(=O)NC(CO)C(=O)N1CCCC1C(=O)NC(C(=O)NC(Cc1c[nH]c2ccccc12)C(=O)N1CCCC1C(=O)O)C(C)C.O=C(O)C(F)(F)F. The number of rotatable bonds is 35. The minimum absolute atomic E-state index is 0.0118. The highest BCUT2D eigenvalue weighted by Gasteiger charge is 2.47. The monoisotopic (exact) mass is 1600 g/mol. The average molecular weight is 1600 g/mol. The first kappa shape index (κ1) is 87.7. The summed E-state index contributed by atoms with van der Waals surface area (Å²) in [5.41, 5.74) is 20.3. The van der Waals surface area contributed by atoms with Gasteiger partial charge >= 0.3 is 18.1 Å². The number of aliphatic hydroxyl groups is 2. The van der Waals surface area contributed by atoms with Gasteiger partial charge < -0.3 is 109 Å². The second-order valence-corrected chi connectivity index (χ2v) is 29.6. The number of aliphatic imine (C=N–C) groups is 1. The lowest BCUT2D eigenvalue weighted by molar-refractivity contribution is -0.192. The number of carbonyl (C=O) groups excluding carboxylic acids is 11. The molecule has 0 aliphatic carbocycles. The molecule has 0 saturated carbocycles. The Bertz CT molecular complexity index is 4230. The van der Waals surface area contributed by atoms with Crippen LogP contribution in [0.5, 0.6) is 0 Å². The minimum Gasteiger partial charge on any atom is -0.480 e. The third-order valence-electron chi connectivity index (χ3n) is 20.3. The number of aliphatic carboxylic acids is 2. The maximum absolute atomic E-state index is 14.9. The molecule has 40 heteroatoms. The fraction of sp³-hybridized carbons (Fsp3) is 0.548. The fourth-order valence-corrected chi connectivity index (χ4v) is 14.8. The highest BCUT2D eigenvalue weighted by molar-refractivity contribution is 7.98. The second-order valence-electron chi connectivity index (χ2n) is 28.6. The Morgan fingerprint density at radius 3 is 1.58 bits per heavy atom. The van der Waals surface area contributed by atoms with Crippen molar-refractivity contribution in [2.75, 3.05) is 51.3 Å². The van der Waals surface area contributed by atoms with Crippen LogP contribution in [0.2, 0.25) is 0 Å². The van der Waals surface area contributed by atoms with E-state index in [1.807, 2.05) is 42.5 Å². The number of benzene rings is 2. The molecule has 20 N–H and O–H groups in total. The maximum Gasteiger partial charge on any atom is 0.490 e. The van der Waals surface area contributed by atoms with Crippen molar-refractivity contribution in [2.45, 2.75) is 195 Å². The Hall–Kier alpha value is -10.9. The highest BCUT2D eigenvalue weighted by atomic mass is 32.2. The summed E-state index contributed by atoms with van der Waals surface area (Å²) in [4.78, 5) is 203. The molecule has 3 aromatic heterocycles. The molecule has 4 aliphatic rings. The van der Waals surface area contributed by atoms with Crippen molar-refractivity contribution in [3.63, 3.8) is 0 Å². The normalized spacial score (nSPS) is 19.3. The van der Waals surface area contributed by atoms with Crippen LogP contribution in [-0.4, -0.2) is 279 Å². The van der Waals surface area contributed by atoms with Gasteiger partial charge in [-0.15, -0.1) is 0 Å². The summed E-state index contributed by atoms with van der Waals surface area (Å²) in [6.07, 6.45) is 3.86. The molecule has 11 amide bonds. The molecule has 0 bridgehead atoms. The van der Waals surface area contributed by atoms with Gasteiger partial charge in [0.25, 0.3) is 0 Å². The lowest BCUT2D eigenvalue weighted by Gasteiger charge is -2.34. The van der Waals surface area contributed by atoms with E-state index in [2.05, 4.69) is 62.1 Å². The number of carboxylic acids is 2. The van der Waals surface area contributed by atoms with Gasteiger partial charge in [-0.2, -0.15) is 24.9 Å². The highest BCUT2D eigenvalue weighted by Crippen LogP contribution is 2.29. The average Bonchev–Trinajstić information content (AvgIpc) is 1.69. The number of nitrogens with one attached hydrogen (secondary N) is 10. The second kappa shape index (κ2) is 40.5. The third kappa shape index (κ3) is 23.2. The van der Waals surface area contributed by atoms with Crippen molar-refractivity contribution >= 4 is 116 Å². The number of imidazole rings is 1. The molecule has 13 unspecified atom stereocenters. The van der Waals surface area contributed by atoms with Crippen molar-refractivity contribution in [3.8, 4) is 0 Å². The van der Waals surface area contributed by atoms with Gasteiger partial charge in [-0.3, -0.25) is 57.7 Å². The summed E-state index contributed by atoms with van der Waals surface area (Å²) in [5.74, 6) is -12.5. The van der Waals surface area contributed by atoms with E-state index in [1.54, 1.807) is 38.6 Å². The van der Waals surface area contributed by atoms with Crippen molar-refractivity contribution < 1.29 is 95.9 Å². The number of para-hydroxylation sites is 2. The van der Waals surface area contributed by atoms with Crippen LogP contribution >= 0.6 is 11.8 Å². The molecule has 36 nitrogen and oxygen atoms in total. The predicted octanol–water partition coefficient (Wildman–Crippen LogP) is -1.36. The van der Waals surface area contributed by atoms with Gasteiger partial charge in [0.2, 0.25) is 65.0 Å². The quantitative estimate of drug-likeness (QED) is 0.0127. The molecular formula is C73H100F3N19O17S. The van der Waals surface area contributed by atoms with Crippen LogP contribution in [0.3, 0.4) is 0 Å². The number of aliphatic hydroxyl groups excluding tert-OH is 2. The predicted molar refractivity (Wildman–Crippen MR) is 405 cm³/mol. The zero-order chi connectivity index (χ0) is 82.5. The number of amides is 11. The van der Waals surface area contributed by atoms with Crippen LogP contribution in [-0.2, 0) is 81.6 Å². The van der Waals surface area contributed by atoms with Crippen molar-refractivity contribution in [3.05, 3.63) is 90.3 Å². The third-order valence-corrected chi connectivity index (χ3v) is 20.9. The summed E-state index contributed by atoms with van der Waals surface area (Å²) in [5, 5.41) is 58.9. The first-order valence-corrected chi connectivity index (χ1v) is 38.7. The van der Waals surface area contributed by atoms with Gasteiger partial charge in [0.05, 0.1) is 19.0 Å². The van der Waals surface area contributed by atoms with Crippen molar-refractivity contribution in [1.82, 2.24) is 76.8 Å². The first-order valence-electron chi connectivity index (χ1n) is 37.3. The van der Waals surface area contributed by atoms with E-state index in [4.69, 9.17) is 27.1 Å². The lowest BCUT2D eigenvalue weighted by Crippen LogP contribution is -2.61. The largest absolute Gasteiger partial charge is 0.490 e. The van der Waals surface area contributed by atoms with Gasteiger partial charge in [0, 0.05) is 98.1 Å². The van der Waals surface area contributed by atoms with Crippen LogP contribution < -0.4 is 54.4 Å². The first-order chi connectivity index (χ1) is 53.7. The molecule has 616 valence electrons. The number of carbonyl (C=O) groups is 13. The molecule has 2 aromatic carbocycles. The van der Waals surface area contributed by atoms with E-state index in [0.717, 1.165) is 10.9 Å². The van der Waals surface area contributed by atoms with E-state index in [-0.39, 0.29) is 103 Å². The van der Waals surface area contributed by atoms with E-state index < -0.39 is 174 Å². The number of carboxylic acid groups (broad SMARTS) is 2. The summed E-state index contributed by atoms with van der Waals surface area (Å²) in [6.45, 7) is 4.21. The molecule has 113 heavy (non-hydrogen) atoms. The zero-order valence-electron chi connectivity index (χ0n) is 62.9. The molecule has 0 radical (unpaired) electrons. The molecule has 4 saturated heterocycles. The number of hydrogen-bond donors (Lipinski definition) is 17. The van der Waals surface area contributed by atoms with Crippen LogP contribution in [0.1, 0.15) is 108 Å². The van der Waals surface area contributed by atoms with E-state index in [1.165, 1.54) is 50.8 Å². The number of aromatic amines is 3. The van der Waals surface area contributed by atoms with Crippen molar-refractivity contribution in [1.29, 1.82) is 0 Å². The maximum atomic E-state index is 14.9. The Morgan fingerprint density at radius 1 is 0.584 bits per heavy atom. The number of alkyl halides is 3. The number of hydrogen-bond acceptors (Lipinski definition) is 19. The van der Waals surface area contributed by atoms with Crippen molar-refractivity contribution in [2.24, 2.45) is 28.1 Å². The van der Waals surface area contributed by atoms with Gasteiger partial charge in [0.15, 0.2) is 5.96 Å². The van der Waals surface area contributed by atoms with Crippen LogP contribution in [0.25, 0.3) is 21.8 Å². The number of thioether (sulfide) groups is 1. The lowest BCUT2D eigenvalue weighted by atomic mass is 9.99. The Labute approximate surface area is 651 Å². The number of nitrogens with zero attached hydrogens (tertiary/aromatic N) is 6. The molecular weight excluding hydrogens is 1500 g/mol. The number of guanidine groups is 1. The minimum atomic E-state index is -5.08. The van der Waals surface area contributed by atoms with Crippen LogP contribution in [0, 0.1) is 5.92 Å². The topological polar surface area (TPSA) is 551 Å². The Morgan fingerprint density at radius 2 is 1.04 bits per heavy atom. The molecule has 5 aromatic rings. The van der Waals surface area contributed by atoms with Crippen LogP contribution in [0.15, 0.2) is 78.4 Å². The molecule has 7 heterocycles. The van der Waals surface area contributed by atoms with Crippen LogP contribution in [0.4, 0.5) is 13.2 Å². The summed E-state index contributed by atoms with van der Waals surface area (Å²) < 4.78 is 31.7. The van der Waals surface area contributed by atoms with E-state index >= 15 is 0 Å². The number of likely N-dealkylation sites (tertiary alicyclic amines) is 4. The number of aromatic nitrogens is 4. The standard InChI is InChI=1S/C71H99N19O15S.C2HF3O2/c1-38(2)58(65(99)84-51(67(101)90-28-13-22-56(90)70(104)105)31-41-34-78-46-17-8-6-15-44(41)46)86-63(97)54-20-10-25-87(54)68(102)52(36-91)85-60(94)49(30-40-33-77-45-16-7-5-14-43(40)45)82-59(93)47(23-29-106-4)80-62(96)53-19-11-26-88(53)69(103)55-21-12-27-89(55)66(100)48(18-9-24-76-71(73)74)81-61(95)50(32-42-35-75-37-79-42)83-64(98)57(72)39(3)92;3-2(4,5)1(6)7/h5-8,14-17,33-35,37-39,47-58,77-78,91-92H,9-13,18-32,36,72H2,1-4H3,(H,75,79)(H,80,96)(H,81,95)(H,82,93)(H,83,98)(H,84,99)(H,85,94)(H,86,97)(H,104,105)(H4,73,74,76);(H,6,7). The summed E-state index contributed by atoms with van der Waals surface area (Å²) in [7, 11) is 0.